The fourth-order valence-electron chi connectivity index (χ4n) is 4.65. The van der Waals surface area contributed by atoms with Crippen LogP contribution in [0.3, 0.4) is 0 Å². The van der Waals surface area contributed by atoms with Gasteiger partial charge in [0.2, 0.25) is 5.91 Å². The van der Waals surface area contributed by atoms with Crippen molar-refractivity contribution in [2.24, 2.45) is 5.92 Å². The van der Waals surface area contributed by atoms with Gasteiger partial charge in [0.1, 0.15) is 0 Å². The summed E-state index contributed by atoms with van der Waals surface area (Å²) in [7, 11) is 0. The van der Waals surface area contributed by atoms with E-state index in [4.69, 9.17) is 4.74 Å². The molecule has 2 atom stereocenters. The van der Waals surface area contributed by atoms with Crippen LogP contribution >= 0.6 is 0 Å². The number of carbonyl (C=O) groups excluding carboxylic acids is 1. The first-order chi connectivity index (χ1) is 13.4. The Morgan fingerprint density at radius 1 is 1.21 bits per heavy atom. The van der Waals surface area contributed by atoms with Crippen molar-refractivity contribution < 1.29 is 22.7 Å². The van der Waals surface area contributed by atoms with Gasteiger partial charge in [-0.3, -0.25) is 9.69 Å². The van der Waals surface area contributed by atoms with E-state index in [1.807, 2.05) is 0 Å². The van der Waals surface area contributed by atoms with Crippen LogP contribution in [0.5, 0.6) is 0 Å². The Morgan fingerprint density at radius 2 is 2.00 bits per heavy atom. The van der Waals surface area contributed by atoms with Crippen LogP contribution in [0, 0.1) is 5.92 Å². The summed E-state index contributed by atoms with van der Waals surface area (Å²) in [6.45, 7) is 5.27. The molecule has 0 saturated carbocycles. The van der Waals surface area contributed by atoms with Gasteiger partial charge in [-0.25, -0.2) is 0 Å². The number of hydrogen-bond acceptors (Lipinski definition) is 4. The average Bonchev–Trinajstić information content (AvgIpc) is 3.17. The van der Waals surface area contributed by atoms with Gasteiger partial charge in [0.15, 0.2) is 0 Å². The molecule has 0 aromatic heterocycles. The predicted molar refractivity (Wildman–Crippen MR) is 99.3 cm³/mol. The lowest BCUT2D eigenvalue weighted by atomic mass is 9.84. The minimum absolute atomic E-state index is 0.0479. The number of fused-ring (bicyclic) bond motifs is 3. The Kier molecular flexibility index (Phi) is 5.51. The molecule has 0 spiro atoms. The second-order valence-electron chi connectivity index (χ2n) is 7.80. The highest BCUT2D eigenvalue weighted by atomic mass is 19.4. The standard InChI is InChI=1S/C20H26F3N3O2/c21-20(22,23)15-3-4-17-14(12-15)13-16(18-2-1-6-26(17)18)19(27)24-5-7-25-8-10-28-11-9-25/h3-4,12,16,18H,1-2,5-11,13H2,(H,24,27). The molecule has 1 aromatic carbocycles. The normalized spacial score (nSPS) is 25.3. The smallest absolute Gasteiger partial charge is 0.379 e. The van der Waals surface area contributed by atoms with E-state index in [2.05, 4.69) is 15.1 Å². The number of rotatable bonds is 4. The van der Waals surface area contributed by atoms with Gasteiger partial charge in [-0.05, 0) is 43.0 Å². The second kappa shape index (κ2) is 7.91. The van der Waals surface area contributed by atoms with Crippen LogP contribution in [0.15, 0.2) is 18.2 Å². The van der Waals surface area contributed by atoms with E-state index >= 15 is 0 Å². The van der Waals surface area contributed by atoms with Crippen LogP contribution < -0.4 is 10.2 Å². The number of carbonyl (C=O) groups is 1. The molecule has 1 amide bonds. The summed E-state index contributed by atoms with van der Waals surface area (Å²) in [6, 6.07) is 4.02. The van der Waals surface area contributed by atoms with E-state index in [-0.39, 0.29) is 17.9 Å². The molecule has 28 heavy (non-hydrogen) atoms. The number of halogens is 3. The molecule has 2 saturated heterocycles. The second-order valence-corrected chi connectivity index (χ2v) is 7.80. The van der Waals surface area contributed by atoms with Gasteiger partial charge in [0, 0.05) is 44.5 Å². The molecule has 2 fully saturated rings. The zero-order valence-electron chi connectivity index (χ0n) is 15.8. The van der Waals surface area contributed by atoms with Crippen molar-refractivity contribution in [2.45, 2.75) is 31.5 Å². The summed E-state index contributed by atoms with van der Waals surface area (Å²) >= 11 is 0. The monoisotopic (exact) mass is 397 g/mol. The molecule has 3 aliphatic heterocycles. The van der Waals surface area contributed by atoms with Crippen molar-refractivity contribution in [1.29, 1.82) is 0 Å². The molecule has 3 heterocycles. The molecule has 0 aliphatic carbocycles. The lowest BCUT2D eigenvalue weighted by Crippen LogP contribution is -2.49. The predicted octanol–water partition coefficient (Wildman–Crippen LogP) is 2.29. The maximum absolute atomic E-state index is 13.1. The van der Waals surface area contributed by atoms with Crippen LogP contribution in [0.1, 0.15) is 24.0 Å². The molecular weight excluding hydrogens is 371 g/mol. The van der Waals surface area contributed by atoms with Gasteiger partial charge in [0.25, 0.3) is 0 Å². The van der Waals surface area contributed by atoms with E-state index < -0.39 is 11.7 Å². The van der Waals surface area contributed by atoms with Crippen LogP contribution in [0.4, 0.5) is 18.9 Å². The van der Waals surface area contributed by atoms with Gasteiger partial charge in [-0.2, -0.15) is 13.2 Å². The Bertz CT molecular complexity index is 719. The third-order valence-corrected chi connectivity index (χ3v) is 6.09. The quantitative estimate of drug-likeness (QED) is 0.847. The molecule has 1 N–H and O–H groups in total. The number of amides is 1. The molecule has 8 heteroatoms. The fourth-order valence-corrected chi connectivity index (χ4v) is 4.65. The Labute approximate surface area is 162 Å². The first-order valence-corrected chi connectivity index (χ1v) is 9.98. The Hall–Kier alpha value is -1.80. The van der Waals surface area contributed by atoms with E-state index in [1.54, 1.807) is 6.07 Å². The summed E-state index contributed by atoms with van der Waals surface area (Å²) in [6.07, 6.45) is -2.14. The summed E-state index contributed by atoms with van der Waals surface area (Å²) in [5, 5.41) is 3.02. The number of nitrogens with zero attached hydrogens (tertiary/aromatic N) is 2. The summed E-state index contributed by atoms with van der Waals surface area (Å²) in [5.74, 6) is -0.351. The largest absolute Gasteiger partial charge is 0.416 e. The number of ether oxygens (including phenoxy) is 1. The van der Waals surface area contributed by atoms with Crippen molar-refractivity contribution in [3.8, 4) is 0 Å². The fraction of sp³-hybridized carbons (Fsp3) is 0.650. The third kappa shape index (κ3) is 3.98. The van der Waals surface area contributed by atoms with Gasteiger partial charge >= 0.3 is 6.18 Å². The van der Waals surface area contributed by atoms with E-state index in [0.717, 1.165) is 50.8 Å². The average molecular weight is 397 g/mol. The lowest BCUT2D eigenvalue weighted by Gasteiger charge is -2.39. The molecular formula is C20H26F3N3O2. The van der Waals surface area contributed by atoms with Crippen molar-refractivity contribution in [3.63, 3.8) is 0 Å². The van der Waals surface area contributed by atoms with E-state index in [9.17, 15) is 18.0 Å². The highest BCUT2D eigenvalue weighted by Crippen LogP contribution is 2.41. The van der Waals surface area contributed by atoms with Crippen molar-refractivity contribution in [2.75, 3.05) is 50.8 Å². The van der Waals surface area contributed by atoms with Gasteiger partial charge in [0.05, 0.1) is 24.7 Å². The molecule has 1 aromatic rings. The number of anilines is 1. The molecule has 4 rings (SSSR count). The van der Waals surface area contributed by atoms with Crippen molar-refractivity contribution in [3.05, 3.63) is 29.3 Å². The third-order valence-electron chi connectivity index (χ3n) is 6.09. The number of benzene rings is 1. The SMILES string of the molecule is O=C(NCCN1CCOCC1)C1Cc2cc(C(F)(F)F)ccc2N2CCCC12. The van der Waals surface area contributed by atoms with Crippen LogP contribution in [0.2, 0.25) is 0 Å². The van der Waals surface area contributed by atoms with Gasteiger partial charge < -0.3 is 15.0 Å². The van der Waals surface area contributed by atoms with Crippen LogP contribution in [0.25, 0.3) is 0 Å². The van der Waals surface area contributed by atoms with Gasteiger partial charge in [-0.1, -0.05) is 0 Å². The Balaban J connectivity index is 1.45. The first-order valence-electron chi connectivity index (χ1n) is 9.98. The lowest BCUT2D eigenvalue weighted by molar-refractivity contribution is -0.137. The maximum Gasteiger partial charge on any atom is 0.416 e. The first kappa shape index (κ1) is 19.5. The number of alkyl halides is 3. The maximum atomic E-state index is 13.1. The van der Waals surface area contributed by atoms with Crippen LogP contribution in [-0.2, 0) is 22.1 Å². The summed E-state index contributed by atoms with van der Waals surface area (Å²) in [5.41, 5.74) is 0.838. The molecule has 0 radical (unpaired) electrons. The zero-order chi connectivity index (χ0) is 19.7. The highest BCUT2D eigenvalue weighted by molar-refractivity contribution is 5.82. The van der Waals surface area contributed by atoms with E-state index in [0.29, 0.717) is 31.7 Å². The minimum Gasteiger partial charge on any atom is -0.379 e. The highest BCUT2D eigenvalue weighted by Gasteiger charge is 2.42. The zero-order valence-corrected chi connectivity index (χ0v) is 15.8. The van der Waals surface area contributed by atoms with Gasteiger partial charge in [-0.15, -0.1) is 0 Å². The van der Waals surface area contributed by atoms with Crippen molar-refractivity contribution in [1.82, 2.24) is 10.2 Å². The number of nitrogens with one attached hydrogen (secondary N) is 1. The molecule has 5 nitrogen and oxygen atoms in total. The number of hydrogen-bond donors (Lipinski definition) is 1. The molecule has 2 unspecified atom stereocenters. The number of morpholine rings is 1. The van der Waals surface area contributed by atoms with Crippen molar-refractivity contribution >= 4 is 11.6 Å². The Morgan fingerprint density at radius 3 is 2.75 bits per heavy atom. The molecule has 154 valence electrons. The minimum atomic E-state index is -4.37. The van der Waals surface area contributed by atoms with Crippen LogP contribution in [-0.4, -0.2) is 62.8 Å². The summed E-state index contributed by atoms with van der Waals surface area (Å²) in [4.78, 5) is 17.2. The summed E-state index contributed by atoms with van der Waals surface area (Å²) < 4.78 is 44.7. The molecule has 0 bridgehead atoms. The van der Waals surface area contributed by atoms with E-state index in [1.165, 1.54) is 6.07 Å². The topological polar surface area (TPSA) is 44.8 Å². The molecule has 3 aliphatic rings.